The number of rotatable bonds is 6. The molecule has 1 aliphatic rings. The Bertz CT molecular complexity index is 474. The second-order valence-corrected chi connectivity index (χ2v) is 5.92. The van der Waals surface area contributed by atoms with Gasteiger partial charge in [-0.25, -0.2) is 4.98 Å². The van der Waals surface area contributed by atoms with Gasteiger partial charge in [-0.05, 0) is 31.1 Å². The Hall–Kier alpha value is -1.03. The van der Waals surface area contributed by atoms with Gasteiger partial charge in [-0.3, -0.25) is 4.79 Å². The number of aryl methyl sites for hydroxylation is 1. The molecule has 0 radical (unpaired) electrons. The Morgan fingerprint density at radius 3 is 2.85 bits per heavy atom. The van der Waals surface area contributed by atoms with Gasteiger partial charge in [0.05, 0.1) is 0 Å². The molecule has 1 N–H and O–H groups in total. The molecule has 0 aliphatic heterocycles. The normalized spacial score (nSPS) is 22.7. The minimum atomic E-state index is -0.0208. The van der Waals surface area contributed by atoms with Crippen molar-refractivity contribution < 1.29 is 0 Å². The van der Waals surface area contributed by atoms with Gasteiger partial charge in [-0.2, -0.15) is 0 Å². The summed E-state index contributed by atoms with van der Waals surface area (Å²) < 4.78 is 1.72. The van der Waals surface area contributed by atoms with Crippen molar-refractivity contribution in [1.82, 2.24) is 9.55 Å². The summed E-state index contributed by atoms with van der Waals surface area (Å²) in [5.74, 6) is 2.32. The van der Waals surface area contributed by atoms with E-state index in [2.05, 4.69) is 17.2 Å². The van der Waals surface area contributed by atoms with E-state index in [9.17, 15) is 4.79 Å². The van der Waals surface area contributed by atoms with Crippen molar-refractivity contribution in [3.8, 4) is 0 Å². The minimum Gasteiger partial charge on any atom is -0.365 e. The maximum Gasteiger partial charge on any atom is 0.293 e. The first-order chi connectivity index (χ1) is 9.76. The number of alkyl halides is 1. The van der Waals surface area contributed by atoms with E-state index >= 15 is 0 Å². The molecular weight excluding hydrogens is 274 g/mol. The minimum absolute atomic E-state index is 0.0208. The Morgan fingerprint density at radius 1 is 1.40 bits per heavy atom. The summed E-state index contributed by atoms with van der Waals surface area (Å²) in [7, 11) is 0. The van der Waals surface area contributed by atoms with Crippen LogP contribution in [0, 0.1) is 11.8 Å². The summed E-state index contributed by atoms with van der Waals surface area (Å²) in [6.07, 6.45) is 9.33. The van der Waals surface area contributed by atoms with Crippen LogP contribution >= 0.6 is 11.6 Å². The van der Waals surface area contributed by atoms with Crippen LogP contribution in [0.5, 0.6) is 0 Å². The smallest absolute Gasteiger partial charge is 0.293 e. The largest absolute Gasteiger partial charge is 0.365 e. The molecule has 0 spiro atoms. The Morgan fingerprint density at radius 2 is 2.15 bits per heavy atom. The van der Waals surface area contributed by atoms with Crippen LogP contribution in [-0.4, -0.2) is 22.0 Å². The number of hydrogen-bond acceptors (Lipinski definition) is 3. The monoisotopic (exact) mass is 297 g/mol. The zero-order chi connectivity index (χ0) is 14.4. The molecule has 0 aromatic carbocycles. The molecule has 20 heavy (non-hydrogen) atoms. The van der Waals surface area contributed by atoms with Gasteiger partial charge in [-0.15, -0.1) is 11.6 Å². The topological polar surface area (TPSA) is 46.9 Å². The highest BCUT2D eigenvalue weighted by molar-refractivity contribution is 6.18. The van der Waals surface area contributed by atoms with Gasteiger partial charge < -0.3 is 9.88 Å². The molecule has 2 atom stereocenters. The third-order valence-corrected chi connectivity index (χ3v) is 4.57. The second-order valence-electron chi connectivity index (χ2n) is 5.61. The third-order valence-electron chi connectivity index (χ3n) is 4.17. The number of nitrogens with one attached hydrogen (secondary N) is 1. The van der Waals surface area contributed by atoms with Gasteiger partial charge in [0.2, 0.25) is 0 Å². The highest BCUT2D eigenvalue weighted by atomic mass is 35.5. The molecule has 1 fully saturated rings. The first-order valence-corrected chi connectivity index (χ1v) is 8.15. The third kappa shape index (κ3) is 3.75. The van der Waals surface area contributed by atoms with Crippen LogP contribution < -0.4 is 10.9 Å². The maximum atomic E-state index is 12.2. The van der Waals surface area contributed by atoms with Gasteiger partial charge in [0, 0.05) is 31.4 Å². The average molecular weight is 298 g/mol. The van der Waals surface area contributed by atoms with Crippen LogP contribution in [0.15, 0.2) is 17.2 Å². The van der Waals surface area contributed by atoms with E-state index in [4.69, 9.17) is 11.6 Å². The van der Waals surface area contributed by atoms with Crippen LogP contribution in [0.1, 0.15) is 39.0 Å². The van der Waals surface area contributed by atoms with Gasteiger partial charge >= 0.3 is 0 Å². The first kappa shape index (κ1) is 15.4. The average Bonchev–Trinajstić information content (AvgIpc) is 2.48. The molecule has 1 aliphatic carbocycles. The molecule has 0 amide bonds. The van der Waals surface area contributed by atoms with Crippen LogP contribution in [0.2, 0.25) is 0 Å². The van der Waals surface area contributed by atoms with Gasteiger partial charge in [0.25, 0.3) is 5.56 Å². The van der Waals surface area contributed by atoms with Crippen molar-refractivity contribution in [2.24, 2.45) is 11.8 Å². The SMILES string of the molecule is CCCn1ccnc(NCC2CCCCC2CCl)c1=O. The summed E-state index contributed by atoms with van der Waals surface area (Å²) in [4.78, 5) is 16.4. The predicted octanol–water partition coefficient (Wildman–Crippen LogP) is 3.11. The number of nitrogens with zero attached hydrogens (tertiary/aromatic N) is 2. The van der Waals surface area contributed by atoms with E-state index in [1.165, 1.54) is 25.7 Å². The van der Waals surface area contributed by atoms with Crippen LogP contribution in [0.25, 0.3) is 0 Å². The van der Waals surface area contributed by atoms with E-state index in [1.54, 1.807) is 17.0 Å². The van der Waals surface area contributed by atoms with E-state index in [0.29, 0.717) is 23.5 Å². The van der Waals surface area contributed by atoms with Crippen molar-refractivity contribution in [2.45, 2.75) is 45.6 Å². The predicted molar refractivity (Wildman–Crippen MR) is 83.4 cm³/mol. The van der Waals surface area contributed by atoms with Crippen LogP contribution in [0.3, 0.4) is 0 Å². The summed E-state index contributed by atoms with van der Waals surface area (Å²) in [5.41, 5.74) is -0.0208. The lowest BCUT2D eigenvalue weighted by atomic mass is 9.80. The molecule has 0 saturated heterocycles. The van der Waals surface area contributed by atoms with Crippen molar-refractivity contribution in [1.29, 1.82) is 0 Å². The Kier molecular flexibility index (Phi) is 5.89. The van der Waals surface area contributed by atoms with E-state index < -0.39 is 0 Å². The molecule has 1 aromatic heterocycles. The fourth-order valence-electron chi connectivity index (χ4n) is 2.97. The first-order valence-electron chi connectivity index (χ1n) is 7.61. The van der Waals surface area contributed by atoms with Crippen molar-refractivity contribution in [2.75, 3.05) is 17.7 Å². The summed E-state index contributed by atoms with van der Waals surface area (Å²) >= 11 is 6.05. The van der Waals surface area contributed by atoms with E-state index in [0.717, 1.165) is 19.5 Å². The highest BCUT2D eigenvalue weighted by Crippen LogP contribution is 2.30. The van der Waals surface area contributed by atoms with Crippen LogP contribution in [0.4, 0.5) is 5.82 Å². The number of aromatic nitrogens is 2. The molecule has 2 rings (SSSR count). The zero-order valence-corrected chi connectivity index (χ0v) is 12.9. The summed E-state index contributed by atoms with van der Waals surface area (Å²) in [6.45, 7) is 3.60. The molecule has 2 unspecified atom stereocenters. The van der Waals surface area contributed by atoms with Gasteiger partial charge in [-0.1, -0.05) is 19.8 Å². The second kappa shape index (κ2) is 7.67. The lowest BCUT2D eigenvalue weighted by molar-refractivity contribution is 0.272. The summed E-state index contributed by atoms with van der Waals surface area (Å²) in [6, 6.07) is 0. The molecule has 0 bridgehead atoms. The Balaban J connectivity index is 1.99. The van der Waals surface area contributed by atoms with Crippen molar-refractivity contribution in [3.05, 3.63) is 22.7 Å². The number of halogens is 1. The molecule has 1 heterocycles. The van der Waals surface area contributed by atoms with Gasteiger partial charge in [0.15, 0.2) is 5.82 Å². The van der Waals surface area contributed by atoms with E-state index in [-0.39, 0.29) is 5.56 Å². The Labute approximate surface area is 125 Å². The standard InChI is InChI=1S/C15H24ClN3O/c1-2-8-19-9-7-17-14(15(19)20)18-11-13-6-4-3-5-12(13)10-16/h7,9,12-13H,2-6,8,10-11H2,1H3,(H,17,18). The summed E-state index contributed by atoms with van der Waals surface area (Å²) in [5, 5.41) is 3.24. The molecule has 5 heteroatoms. The molecule has 112 valence electrons. The lowest BCUT2D eigenvalue weighted by Crippen LogP contribution is -2.31. The van der Waals surface area contributed by atoms with Crippen LogP contribution in [-0.2, 0) is 6.54 Å². The maximum absolute atomic E-state index is 12.2. The zero-order valence-electron chi connectivity index (χ0n) is 12.1. The molecular formula is C15H24ClN3O. The lowest BCUT2D eigenvalue weighted by Gasteiger charge is -2.30. The highest BCUT2D eigenvalue weighted by Gasteiger charge is 2.24. The quantitative estimate of drug-likeness (QED) is 0.821. The van der Waals surface area contributed by atoms with E-state index in [1.807, 2.05) is 0 Å². The van der Waals surface area contributed by atoms with Gasteiger partial charge in [0.1, 0.15) is 0 Å². The fraction of sp³-hybridized carbons (Fsp3) is 0.733. The number of hydrogen-bond donors (Lipinski definition) is 1. The fourth-order valence-corrected chi connectivity index (χ4v) is 3.38. The molecule has 1 aromatic rings. The number of anilines is 1. The molecule has 4 nitrogen and oxygen atoms in total. The van der Waals surface area contributed by atoms with Crippen molar-refractivity contribution >= 4 is 17.4 Å². The molecule has 1 saturated carbocycles. The van der Waals surface area contributed by atoms with Crippen molar-refractivity contribution in [3.63, 3.8) is 0 Å².